The number of amides is 1. The number of hydrogen-bond acceptors (Lipinski definition) is 2. The maximum absolute atomic E-state index is 12.3. The average Bonchev–Trinajstić information content (AvgIpc) is 2.49. The number of carbonyl (C=O) groups excluding carboxylic acids is 1. The maximum Gasteiger partial charge on any atom is 0.261 e. The Kier molecular flexibility index (Phi) is 5.67. The average molecular weight is 332 g/mol. The highest BCUT2D eigenvalue weighted by Gasteiger charge is 2.18. The minimum absolute atomic E-state index is 0.0700. The van der Waals surface area contributed by atoms with Crippen molar-refractivity contribution >= 4 is 17.5 Å². The Morgan fingerprint density at radius 3 is 2.35 bits per heavy atom. The zero-order valence-corrected chi connectivity index (χ0v) is 14.6. The quantitative estimate of drug-likeness (QED) is 0.869. The summed E-state index contributed by atoms with van der Waals surface area (Å²) in [7, 11) is 0. The number of halogens is 1. The first-order valence-corrected chi connectivity index (χ1v) is 8.04. The molecule has 2 aromatic rings. The number of benzene rings is 2. The smallest absolute Gasteiger partial charge is 0.261 e. The summed E-state index contributed by atoms with van der Waals surface area (Å²) in [6, 6.07) is 13.1. The molecule has 0 bridgehead atoms. The second-order valence-electron chi connectivity index (χ2n) is 5.80. The van der Waals surface area contributed by atoms with Crippen LogP contribution in [0.2, 0.25) is 5.02 Å². The Hall–Kier alpha value is -2.00. The summed E-state index contributed by atoms with van der Waals surface area (Å²) in [6.45, 7) is 7.82. The van der Waals surface area contributed by atoms with Gasteiger partial charge in [-0.3, -0.25) is 4.79 Å². The fourth-order valence-corrected chi connectivity index (χ4v) is 2.62. The van der Waals surface area contributed by atoms with E-state index in [2.05, 4.69) is 37.4 Å². The summed E-state index contributed by atoms with van der Waals surface area (Å²) >= 11 is 5.84. The van der Waals surface area contributed by atoms with Crippen LogP contribution in [0.3, 0.4) is 0 Å². The summed E-state index contributed by atoms with van der Waals surface area (Å²) in [5, 5.41) is 3.63. The summed E-state index contributed by atoms with van der Waals surface area (Å²) in [5.74, 6) is 0.476. The van der Waals surface area contributed by atoms with Crippen LogP contribution in [0.15, 0.2) is 42.5 Å². The minimum atomic E-state index is -0.579. The van der Waals surface area contributed by atoms with Crippen LogP contribution in [0.5, 0.6) is 5.75 Å². The van der Waals surface area contributed by atoms with E-state index >= 15 is 0 Å². The molecule has 0 aliphatic carbocycles. The number of hydrogen-bond donors (Lipinski definition) is 1. The molecule has 2 aromatic carbocycles. The van der Waals surface area contributed by atoms with Crippen molar-refractivity contribution in [2.24, 2.45) is 0 Å². The van der Waals surface area contributed by atoms with Crippen LogP contribution in [0.25, 0.3) is 0 Å². The molecule has 0 saturated carbocycles. The molecule has 1 N–H and O–H groups in total. The van der Waals surface area contributed by atoms with Crippen molar-refractivity contribution < 1.29 is 9.53 Å². The molecule has 2 rings (SSSR count). The van der Waals surface area contributed by atoms with Gasteiger partial charge in [0, 0.05) is 5.02 Å². The summed E-state index contributed by atoms with van der Waals surface area (Å²) < 4.78 is 5.65. The molecule has 0 aliphatic rings. The van der Waals surface area contributed by atoms with Crippen LogP contribution in [-0.4, -0.2) is 12.0 Å². The largest absolute Gasteiger partial charge is 0.481 e. The van der Waals surface area contributed by atoms with E-state index in [1.54, 1.807) is 31.2 Å². The first-order valence-electron chi connectivity index (χ1n) is 7.66. The van der Waals surface area contributed by atoms with E-state index in [1.807, 2.05) is 6.92 Å². The highest BCUT2D eigenvalue weighted by Crippen LogP contribution is 2.20. The summed E-state index contributed by atoms with van der Waals surface area (Å²) in [6.07, 6.45) is -0.579. The van der Waals surface area contributed by atoms with Crippen molar-refractivity contribution in [3.63, 3.8) is 0 Å². The fraction of sp³-hybridized carbons (Fsp3) is 0.316. The molecule has 122 valence electrons. The van der Waals surface area contributed by atoms with E-state index in [4.69, 9.17) is 16.3 Å². The second kappa shape index (κ2) is 7.51. The van der Waals surface area contributed by atoms with Crippen molar-refractivity contribution in [1.82, 2.24) is 5.32 Å². The Morgan fingerprint density at radius 1 is 1.09 bits per heavy atom. The molecule has 4 heteroatoms. The van der Waals surface area contributed by atoms with Gasteiger partial charge in [0.15, 0.2) is 6.10 Å². The van der Waals surface area contributed by atoms with Gasteiger partial charge in [-0.15, -0.1) is 0 Å². The lowest BCUT2D eigenvalue weighted by Gasteiger charge is -2.20. The highest BCUT2D eigenvalue weighted by atomic mass is 35.5. The van der Waals surface area contributed by atoms with Gasteiger partial charge in [0.05, 0.1) is 6.04 Å². The number of carbonyl (C=O) groups is 1. The third-order valence-electron chi connectivity index (χ3n) is 3.75. The molecule has 1 amide bonds. The highest BCUT2D eigenvalue weighted by molar-refractivity contribution is 6.30. The van der Waals surface area contributed by atoms with Gasteiger partial charge in [-0.1, -0.05) is 35.4 Å². The van der Waals surface area contributed by atoms with Crippen molar-refractivity contribution in [2.75, 3.05) is 0 Å². The van der Waals surface area contributed by atoms with Crippen LogP contribution < -0.4 is 10.1 Å². The van der Waals surface area contributed by atoms with Crippen molar-refractivity contribution in [3.8, 4) is 5.75 Å². The van der Waals surface area contributed by atoms with Crippen LogP contribution in [-0.2, 0) is 4.79 Å². The van der Waals surface area contributed by atoms with E-state index in [1.165, 1.54) is 11.1 Å². The molecule has 2 unspecified atom stereocenters. The molecule has 3 nitrogen and oxygen atoms in total. The molecule has 0 aromatic heterocycles. The zero-order valence-electron chi connectivity index (χ0n) is 13.9. The lowest BCUT2D eigenvalue weighted by Crippen LogP contribution is -2.37. The van der Waals surface area contributed by atoms with Crippen LogP contribution in [0.1, 0.15) is 36.6 Å². The third kappa shape index (κ3) is 4.73. The summed E-state index contributed by atoms with van der Waals surface area (Å²) in [4.78, 5) is 12.3. The standard InChI is InChI=1S/C19H22ClNO2/c1-12-5-10-18(13(2)11-12)14(3)21-19(22)15(4)23-17-8-6-16(20)7-9-17/h5-11,14-15H,1-4H3,(H,21,22). The predicted octanol–water partition coefficient (Wildman–Crippen LogP) is 4.60. The minimum Gasteiger partial charge on any atom is -0.481 e. The Morgan fingerprint density at radius 2 is 1.74 bits per heavy atom. The maximum atomic E-state index is 12.3. The van der Waals surface area contributed by atoms with Gasteiger partial charge < -0.3 is 10.1 Å². The monoisotopic (exact) mass is 331 g/mol. The normalized spacial score (nSPS) is 13.3. The molecule has 0 fully saturated rings. The molecular weight excluding hydrogens is 310 g/mol. The van der Waals surface area contributed by atoms with Crippen molar-refractivity contribution in [3.05, 3.63) is 64.2 Å². The Balaban J connectivity index is 1.98. The van der Waals surface area contributed by atoms with Gasteiger partial charge in [-0.2, -0.15) is 0 Å². The van der Waals surface area contributed by atoms with E-state index in [0.29, 0.717) is 10.8 Å². The summed E-state index contributed by atoms with van der Waals surface area (Å²) in [5.41, 5.74) is 3.50. The van der Waals surface area contributed by atoms with Crippen molar-refractivity contribution in [1.29, 1.82) is 0 Å². The van der Waals surface area contributed by atoms with E-state index in [0.717, 1.165) is 5.56 Å². The van der Waals surface area contributed by atoms with E-state index in [9.17, 15) is 4.79 Å². The predicted molar refractivity (Wildman–Crippen MR) is 94.0 cm³/mol. The number of aryl methyl sites for hydroxylation is 2. The number of rotatable bonds is 5. The topological polar surface area (TPSA) is 38.3 Å². The number of nitrogens with one attached hydrogen (secondary N) is 1. The van der Waals surface area contributed by atoms with Gasteiger partial charge >= 0.3 is 0 Å². The first kappa shape index (κ1) is 17.4. The lowest BCUT2D eigenvalue weighted by molar-refractivity contribution is -0.127. The molecule has 0 aliphatic heterocycles. The fourth-order valence-electron chi connectivity index (χ4n) is 2.49. The number of ether oxygens (including phenoxy) is 1. The Labute approximate surface area is 142 Å². The van der Waals surface area contributed by atoms with Crippen LogP contribution in [0.4, 0.5) is 0 Å². The molecule has 0 heterocycles. The molecule has 0 saturated heterocycles. The third-order valence-corrected chi connectivity index (χ3v) is 4.00. The van der Waals surface area contributed by atoms with E-state index < -0.39 is 6.10 Å². The van der Waals surface area contributed by atoms with Crippen LogP contribution >= 0.6 is 11.6 Å². The SMILES string of the molecule is Cc1ccc(C(C)NC(=O)C(C)Oc2ccc(Cl)cc2)c(C)c1. The van der Waals surface area contributed by atoms with E-state index in [-0.39, 0.29) is 11.9 Å². The van der Waals surface area contributed by atoms with Gasteiger partial charge in [-0.05, 0) is 63.1 Å². The van der Waals surface area contributed by atoms with Crippen molar-refractivity contribution in [2.45, 2.75) is 39.8 Å². The Bertz CT molecular complexity index is 682. The zero-order chi connectivity index (χ0) is 17.0. The van der Waals surface area contributed by atoms with Gasteiger partial charge in [-0.25, -0.2) is 0 Å². The van der Waals surface area contributed by atoms with Gasteiger partial charge in [0.25, 0.3) is 5.91 Å². The van der Waals surface area contributed by atoms with Gasteiger partial charge in [0.2, 0.25) is 0 Å². The van der Waals surface area contributed by atoms with Gasteiger partial charge in [0.1, 0.15) is 5.75 Å². The second-order valence-corrected chi connectivity index (χ2v) is 6.24. The molecule has 0 radical (unpaired) electrons. The van der Waals surface area contributed by atoms with Crippen LogP contribution in [0, 0.1) is 13.8 Å². The first-order chi connectivity index (χ1) is 10.9. The molecule has 2 atom stereocenters. The molecular formula is C19H22ClNO2. The molecule has 23 heavy (non-hydrogen) atoms. The lowest BCUT2D eigenvalue weighted by atomic mass is 10.0. The molecule has 0 spiro atoms.